The summed E-state index contributed by atoms with van der Waals surface area (Å²) < 4.78 is 13.2. The third-order valence-corrected chi connectivity index (χ3v) is 4.42. The van der Waals surface area contributed by atoms with E-state index in [1.807, 2.05) is 4.68 Å². The Morgan fingerprint density at radius 3 is 3.00 bits per heavy atom. The van der Waals surface area contributed by atoms with Crippen LogP contribution in [-0.2, 0) is 16.0 Å². The van der Waals surface area contributed by atoms with Crippen LogP contribution in [0.25, 0.3) is 0 Å². The normalized spacial score (nSPS) is 24.2. The molecule has 1 aromatic heterocycles. The Bertz CT molecular complexity index is 444. The number of hydrogen-bond acceptors (Lipinski definition) is 4. The second kappa shape index (κ2) is 7.58. The quantitative estimate of drug-likeness (QED) is 0.840. The zero-order chi connectivity index (χ0) is 15.3. The lowest BCUT2D eigenvalue weighted by Crippen LogP contribution is -2.47. The second-order valence-electron chi connectivity index (χ2n) is 5.70. The first-order valence-electron chi connectivity index (χ1n) is 7.70. The first-order chi connectivity index (χ1) is 10.1. The number of hydrogen-bond donors (Lipinski definition) is 1. The molecule has 1 fully saturated rings. The molecule has 1 aromatic rings. The maximum atomic E-state index is 6.42. The van der Waals surface area contributed by atoms with E-state index in [0.29, 0.717) is 18.2 Å². The molecule has 120 valence electrons. The summed E-state index contributed by atoms with van der Waals surface area (Å²) in [6.07, 6.45) is 5.05. The van der Waals surface area contributed by atoms with Crippen LogP contribution in [0, 0.1) is 0 Å². The van der Waals surface area contributed by atoms with Crippen molar-refractivity contribution in [2.45, 2.75) is 51.3 Å². The fraction of sp³-hybridized carbons (Fsp3) is 0.800. The molecule has 2 atom stereocenters. The zero-order valence-corrected chi connectivity index (χ0v) is 13.9. The molecule has 2 heterocycles. The monoisotopic (exact) mass is 315 g/mol. The van der Waals surface area contributed by atoms with Crippen LogP contribution in [0.4, 0.5) is 0 Å². The van der Waals surface area contributed by atoms with E-state index < -0.39 is 0 Å². The fourth-order valence-electron chi connectivity index (χ4n) is 3.00. The molecule has 1 saturated heterocycles. The Labute approximate surface area is 131 Å². The van der Waals surface area contributed by atoms with Crippen LogP contribution in [0.15, 0.2) is 6.20 Å². The molecule has 0 aromatic carbocycles. The summed E-state index contributed by atoms with van der Waals surface area (Å²) >= 11 is 6.42. The average molecular weight is 316 g/mol. The molecule has 5 nitrogen and oxygen atoms in total. The Kier molecular flexibility index (Phi) is 6.05. The molecule has 1 N–H and O–H groups in total. The zero-order valence-electron chi connectivity index (χ0n) is 13.2. The molecule has 0 bridgehead atoms. The summed E-state index contributed by atoms with van der Waals surface area (Å²) in [5, 5.41) is 8.62. The molecule has 2 rings (SSSR count). The average Bonchev–Trinajstić information content (AvgIpc) is 2.84. The lowest BCUT2D eigenvalue weighted by Gasteiger charge is -2.41. The molecule has 0 radical (unpaired) electrons. The van der Waals surface area contributed by atoms with Gasteiger partial charge in [0.1, 0.15) is 0 Å². The Hall–Kier alpha value is -0.620. The lowest BCUT2D eigenvalue weighted by molar-refractivity contribution is -0.0912. The highest BCUT2D eigenvalue weighted by Crippen LogP contribution is 2.39. The number of rotatable bonds is 7. The Balaban J connectivity index is 2.30. The third kappa shape index (κ3) is 3.77. The molecule has 0 spiro atoms. The van der Waals surface area contributed by atoms with E-state index in [9.17, 15) is 0 Å². The van der Waals surface area contributed by atoms with Gasteiger partial charge in [-0.3, -0.25) is 4.68 Å². The van der Waals surface area contributed by atoms with Crippen molar-refractivity contribution >= 4 is 11.6 Å². The lowest BCUT2D eigenvalue weighted by atomic mass is 9.86. The fourth-order valence-corrected chi connectivity index (χ4v) is 3.25. The summed E-state index contributed by atoms with van der Waals surface area (Å²) in [6.45, 7) is 7.24. The Morgan fingerprint density at radius 2 is 2.38 bits per heavy atom. The van der Waals surface area contributed by atoms with E-state index in [0.717, 1.165) is 31.7 Å². The standard InChI is InChI=1S/C15H26ClN3O2/c1-4-17-14(15(2)7-5-6-9-21-15)13-12(16)11-18-19(13)8-10-20-3/h11,14,17H,4-10H2,1-3H3. The van der Waals surface area contributed by atoms with Crippen molar-refractivity contribution in [2.75, 3.05) is 26.9 Å². The minimum absolute atomic E-state index is 0.0367. The molecular weight excluding hydrogens is 290 g/mol. The van der Waals surface area contributed by atoms with Gasteiger partial charge in [-0.05, 0) is 32.7 Å². The highest BCUT2D eigenvalue weighted by Gasteiger charge is 2.40. The maximum absolute atomic E-state index is 6.42. The summed E-state index contributed by atoms with van der Waals surface area (Å²) in [5.41, 5.74) is 0.753. The van der Waals surface area contributed by atoms with Gasteiger partial charge in [0.25, 0.3) is 0 Å². The van der Waals surface area contributed by atoms with Gasteiger partial charge >= 0.3 is 0 Å². The SMILES string of the molecule is CCNC(c1c(Cl)cnn1CCOC)C1(C)CCCCO1. The number of methoxy groups -OCH3 is 1. The summed E-state index contributed by atoms with van der Waals surface area (Å²) in [6, 6.07) is 0.0367. The first-order valence-corrected chi connectivity index (χ1v) is 8.07. The molecule has 1 aliphatic rings. The van der Waals surface area contributed by atoms with Gasteiger partial charge in [-0.1, -0.05) is 18.5 Å². The molecule has 2 unspecified atom stereocenters. The number of likely N-dealkylation sites (N-methyl/N-ethyl adjacent to an activating group) is 1. The smallest absolute Gasteiger partial charge is 0.0864 e. The topological polar surface area (TPSA) is 48.3 Å². The molecule has 21 heavy (non-hydrogen) atoms. The largest absolute Gasteiger partial charge is 0.383 e. The predicted octanol–water partition coefficient (Wildman–Crippen LogP) is 2.79. The van der Waals surface area contributed by atoms with Gasteiger partial charge in [0.15, 0.2) is 0 Å². The van der Waals surface area contributed by atoms with Gasteiger partial charge < -0.3 is 14.8 Å². The van der Waals surface area contributed by atoms with Crippen molar-refractivity contribution in [3.05, 3.63) is 16.9 Å². The van der Waals surface area contributed by atoms with E-state index in [2.05, 4.69) is 24.3 Å². The van der Waals surface area contributed by atoms with Crippen LogP contribution in [0.3, 0.4) is 0 Å². The number of nitrogens with zero attached hydrogens (tertiary/aromatic N) is 2. The molecule has 0 aliphatic carbocycles. The van der Waals surface area contributed by atoms with Crippen LogP contribution in [0.5, 0.6) is 0 Å². The third-order valence-electron chi connectivity index (χ3n) is 4.13. The van der Waals surface area contributed by atoms with Crippen LogP contribution in [-0.4, -0.2) is 42.2 Å². The van der Waals surface area contributed by atoms with Gasteiger partial charge in [0.2, 0.25) is 0 Å². The molecular formula is C15H26ClN3O2. The highest BCUT2D eigenvalue weighted by molar-refractivity contribution is 6.31. The van der Waals surface area contributed by atoms with E-state index >= 15 is 0 Å². The number of nitrogens with one attached hydrogen (secondary N) is 1. The van der Waals surface area contributed by atoms with E-state index in [4.69, 9.17) is 21.1 Å². The highest BCUT2D eigenvalue weighted by atomic mass is 35.5. The predicted molar refractivity (Wildman–Crippen MR) is 83.7 cm³/mol. The number of halogens is 1. The van der Waals surface area contributed by atoms with E-state index in [1.165, 1.54) is 6.42 Å². The van der Waals surface area contributed by atoms with E-state index in [1.54, 1.807) is 13.3 Å². The minimum atomic E-state index is -0.247. The van der Waals surface area contributed by atoms with Crippen LogP contribution in [0.1, 0.15) is 44.8 Å². The summed E-state index contributed by atoms with van der Waals surface area (Å²) in [5.74, 6) is 0. The van der Waals surface area contributed by atoms with Crippen LogP contribution >= 0.6 is 11.6 Å². The molecule has 0 saturated carbocycles. The van der Waals surface area contributed by atoms with Gasteiger partial charge in [0, 0.05) is 13.7 Å². The maximum Gasteiger partial charge on any atom is 0.0864 e. The first kappa shape index (κ1) is 16.7. The second-order valence-corrected chi connectivity index (χ2v) is 6.11. The van der Waals surface area contributed by atoms with Crippen molar-refractivity contribution in [1.29, 1.82) is 0 Å². The summed E-state index contributed by atoms with van der Waals surface area (Å²) in [4.78, 5) is 0. The van der Waals surface area contributed by atoms with Crippen molar-refractivity contribution in [3.8, 4) is 0 Å². The number of aromatic nitrogens is 2. The minimum Gasteiger partial charge on any atom is -0.383 e. The van der Waals surface area contributed by atoms with Crippen molar-refractivity contribution < 1.29 is 9.47 Å². The summed E-state index contributed by atoms with van der Waals surface area (Å²) in [7, 11) is 1.69. The van der Waals surface area contributed by atoms with Crippen molar-refractivity contribution in [2.24, 2.45) is 0 Å². The van der Waals surface area contributed by atoms with Crippen molar-refractivity contribution in [1.82, 2.24) is 15.1 Å². The van der Waals surface area contributed by atoms with Gasteiger partial charge in [0.05, 0.1) is 41.7 Å². The van der Waals surface area contributed by atoms with Gasteiger partial charge in [-0.25, -0.2) is 0 Å². The number of ether oxygens (including phenoxy) is 2. The van der Waals surface area contributed by atoms with Gasteiger partial charge in [-0.15, -0.1) is 0 Å². The van der Waals surface area contributed by atoms with Crippen LogP contribution < -0.4 is 5.32 Å². The van der Waals surface area contributed by atoms with E-state index in [-0.39, 0.29) is 11.6 Å². The Morgan fingerprint density at radius 1 is 1.57 bits per heavy atom. The molecule has 1 aliphatic heterocycles. The van der Waals surface area contributed by atoms with Crippen LogP contribution in [0.2, 0.25) is 5.02 Å². The van der Waals surface area contributed by atoms with Gasteiger partial charge in [-0.2, -0.15) is 5.10 Å². The molecule has 6 heteroatoms. The molecule has 0 amide bonds. The van der Waals surface area contributed by atoms with Crippen molar-refractivity contribution in [3.63, 3.8) is 0 Å².